The van der Waals surface area contributed by atoms with Crippen LogP contribution < -0.4 is 0 Å². The molecule has 0 N–H and O–H groups in total. The quantitative estimate of drug-likeness (QED) is 0.337. The van der Waals surface area contributed by atoms with Gasteiger partial charge in [0, 0.05) is 34.1 Å². The van der Waals surface area contributed by atoms with Gasteiger partial charge in [-0.15, -0.1) is 0 Å². The first-order chi connectivity index (χ1) is 4.81. The lowest BCUT2D eigenvalue weighted by atomic mass is 10.5. The predicted molar refractivity (Wildman–Crippen MR) is 41.5 cm³/mol. The van der Waals surface area contributed by atoms with Crippen molar-refractivity contribution in [2.45, 2.75) is 13.3 Å². The maximum atomic E-state index is 5.16. The highest BCUT2D eigenvalue weighted by Crippen LogP contribution is 1.85. The van der Waals surface area contributed by atoms with Gasteiger partial charge in [0.25, 0.3) is 0 Å². The Bertz CT molecular complexity index is 102. The van der Waals surface area contributed by atoms with Crippen LogP contribution in [0.1, 0.15) is 13.3 Å². The Morgan fingerprint density at radius 2 is 2.10 bits per heavy atom. The SMILES string of the molecule is CN=C(C)OCCCOC. The number of aliphatic imine (C=N–C) groups is 1. The molecule has 0 bridgehead atoms. The second-order valence-corrected chi connectivity index (χ2v) is 1.94. The zero-order valence-corrected chi connectivity index (χ0v) is 6.89. The lowest BCUT2D eigenvalue weighted by Gasteiger charge is -2.02. The Labute approximate surface area is 62.1 Å². The number of methoxy groups -OCH3 is 1. The summed E-state index contributed by atoms with van der Waals surface area (Å²) in [5.74, 6) is 0.733. The van der Waals surface area contributed by atoms with E-state index in [0.29, 0.717) is 6.61 Å². The average Bonchev–Trinajstić information content (AvgIpc) is 1.98. The van der Waals surface area contributed by atoms with Gasteiger partial charge < -0.3 is 9.47 Å². The van der Waals surface area contributed by atoms with Crippen LogP contribution in [-0.4, -0.2) is 33.3 Å². The third-order valence-corrected chi connectivity index (χ3v) is 1.12. The smallest absolute Gasteiger partial charge is 0.179 e. The molecule has 0 saturated heterocycles. The zero-order valence-electron chi connectivity index (χ0n) is 6.89. The fraction of sp³-hybridized carbons (Fsp3) is 0.857. The molecular weight excluding hydrogens is 130 g/mol. The number of ether oxygens (including phenoxy) is 2. The lowest BCUT2D eigenvalue weighted by molar-refractivity contribution is 0.169. The Morgan fingerprint density at radius 1 is 1.40 bits per heavy atom. The summed E-state index contributed by atoms with van der Waals surface area (Å²) in [6, 6.07) is 0. The van der Waals surface area contributed by atoms with E-state index in [-0.39, 0.29) is 0 Å². The van der Waals surface area contributed by atoms with Crippen molar-refractivity contribution in [1.29, 1.82) is 0 Å². The first-order valence-electron chi connectivity index (χ1n) is 3.36. The summed E-state index contributed by atoms with van der Waals surface area (Å²) in [5.41, 5.74) is 0. The molecule has 0 rings (SSSR count). The first kappa shape index (κ1) is 9.43. The molecule has 10 heavy (non-hydrogen) atoms. The Balaban J connectivity index is 3.04. The largest absolute Gasteiger partial charge is 0.481 e. The predicted octanol–water partition coefficient (Wildman–Crippen LogP) is 1.09. The van der Waals surface area contributed by atoms with Crippen molar-refractivity contribution in [2.75, 3.05) is 27.4 Å². The molecule has 60 valence electrons. The Hall–Kier alpha value is -0.570. The zero-order chi connectivity index (χ0) is 7.82. The second kappa shape index (κ2) is 6.55. The highest BCUT2D eigenvalue weighted by atomic mass is 16.5. The molecule has 0 unspecified atom stereocenters. The van der Waals surface area contributed by atoms with Gasteiger partial charge in [0.15, 0.2) is 5.90 Å². The molecule has 0 aromatic carbocycles. The molecule has 0 saturated carbocycles. The van der Waals surface area contributed by atoms with Crippen LogP contribution in [0.15, 0.2) is 4.99 Å². The number of rotatable bonds is 4. The van der Waals surface area contributed by atoms with Gasteiger partial charge in [-0.2, -0.15) is 0 Å². The van der Waals surface area contributed by atoms with Crippen LogP contribution in [0.4, 0.5) is 0 Å². The van der Waals surface area contributed by atoms with Gasteiger partial charge in [-0.3, -0.25) is 4.99 Å². The topological polar surface area (TPSA) is 30.8 Å². The van der Waals surface area contributed by atoms with Gasteiger partial charge in [0.1, 0.15) is 0 Å². The maximum absolute atomic E-state index is 5.16. The number of hydrogen-bond donors (Lipinski definition) is 0. The molecule has 3 nitrogen and oxygen atoms in total. The minimum atomic E-state index is 0.691. The number of nitrogens with zero attached hydrogens (tertiary/aromatic N) is 1. The van der Waals surface area contributed by atoms with Crippen LogP contribution in [-0.2, 0) is 9.47 Å². The fourth-order valence-corrected chi connectivity index (χ4v) is 0.488. The molecule has 0 aromatic rings. The van der Waals surface area contributed by atoms with Gasteiger partial charge in [-0.25, -0.2) is 0 Å². The normalized spacial score (nSPS) is 11.7. The minimum Gasteiger partial charge on any atom is -0.481 e. The first-order valence-corrected chi connectivity index (χ1v) is 3.36. The van der Waals surface area contributed by atoms with Crippen molar-refractivity contribution in [3.63, 3.8) is 0 Å². The molecule has 0 spiro atoms. The molecule has 0 fully saturated rings. The van der Waals surface area contributed by atoms with Gasteiger partial charge >= 0.3 is 0 Å². The summed E-state index contributed by atoms with van der Waals surface area (Å²) in [7, 11) is 3.40. The molecule has 0 heterocycles. The number of hydrogen-bond acceptors (Lipinski definition) is 3. The summed E-state index contributed by atoms with van der Waals surface area (Å²) in [6.07, 6.45) is 0.920. The van der Waals surface area contributed by atoms with Gasteiger partial charge in [0.2, 0.25) is 0 Å². The van der Waals surface area contributed by atoms with E-state index in [4.69, 9.17) is 9.47 Å². The Morgan fingerprint density at radius 3 is 2.60 bits per heavy atom. The van der Waals surface area contributed by atoms with Crippen LogP contribution in [0.5, 0.6) is 0 Å². The van der Waals surface area contributed by atoms with Gasteiger partial charge in [0.05, 0.1) is 6.61 Å². The highest BCUT2D eigenvalue weighted by molar-refractivity contribution is 5.72. The molecule has 0 aliphatic rings. The fourth-order valence-electron chi connectivity index (χ4n) is 0.488. The standard InChI is InChI=1S/C7H15NO2/c1-7(8-2)10-6-4-5-9-3/h4-6H2,1-3H3. The van der Waals surface area contributed by atoms with E-state index >= 15 is 0 Å². The van der Waals surface area contributed by atoms with E-state index in [2.05, 4.69) is 4.99 Å². The van der Waals surface area contributed by atoms with Gasteiger partial charge in [-0.05, 0) is 0 Å². The summed E-state index contributed by atoms with van der Waals surface area (Å²) in [5, 5.41) is 0. The summed E-state index contributed by atoms with van der Waals surface area (Å²) in [4.78, 5) is 3.84. The van der Waals surface area contributed by atoms with Crippen LogP contribution in [0, 0.1) is 0 Å². The summed E-state index contributed by atoms with van der Waals surface area (Å²) >= 11 is 0. The van der Waals surface area contributed by atoms with Crippen molar-refractivity contribution in [1.82, 2.24) is 0 Å². The van der Waals surface area contributed by atoms with Crippen molar-refractivity contribution in [3.8, 4) is 0 Å². The van der Waals surface area contributed by atoms with Crippen LogP contribution >= 0.6 is 0 Å². The lowest BCUT2D eigenvalue weighted by Crippen LogP contribution is -2.03. The summed E-state index contributed by atoms with van der Waals surface area (Å²) in [6.45, 7) is 3.28. The molecule has 3 heteroatoms. The van der Waals surface area contributed by atoms with Crippen molar-refractivity contribution >= 4 is 5.90 Å². The highest BCUT2D eigenvalue weighted by Gasteiger charge is 1.88. The maximum Gasteiger partial charge on any atom is 0.179 e. The molecule has 0 aliphatic carbocycles. The van der Waals surface area contributed by atoms with Crippen LogP contribution in [0.2, 0.25) is 0 Å². The van der Waals surface area contributed by atoms with E-state index in [1.165, 1.54) is 0 Å². The van der Waals surface area contributed by atoms with Crippen molar-refractivity contribution in [3.05, 3.63) is 0 Å². The molecule has 0 aliphatic heterocycles. The van der Waals surface area contributed by atoms with Crippen LogP contribution in [0.25, 0.3) is 0 Å². The van der Waals surface area contributed by atoms with E-state index in [0.717, 1.165) is 18.9 Å². The third-order valence-electron chi connectivity index (χ3n) is 1.12. The molecular formula is C7H15NO2. The Kier molecular flexibility index (Phi) is 6.18. The average molecular weight is 145 g/mol. The third kappa shape index (κ3) is 5.56. The van der Waals surface area contributed by atoms with Crippen LogP contribution in [0.3, 0.4) is 0 Å². The van der Waals surface area contributed by atoms with E-state index in [1.54, 1.807) is 14.2 Å². The van der Waals surface area contributed by atoms with Gasteiger partial charge in [-0.1, -0.05) is 0 Å². The molecule has 0 aromatic heterocycles. The molecule has 0 atom stereocenters. The van der Waals surface area contributed by atoms with Crippen molar-refractivity contribution in [2.24, 2.45) is 4.99 Å². The van der Waals surface area contributed by atoms with E-state index in [1.807, 2.05) is 6.92 Å². The second-order valence-electron chi connectivity index (χ2n) is 1.94. The van der Waals surface area contributed by atoms with Crippen molar-refractivity contribution < 1.29 is 9.47 Å². The molecule has 0 radical (unpaired) electrons. The monoisotopic (exact) mass is 145 g/mol. The van der Waals surface area contributed by atoms with E-state index in [9.17, 15) is 0 Å². The summed E-state index contributed by atoms with van der Waals surface area (Å²) < 4.78 is 10.0. The van der Waals surface area contributed by atoms with E-state index < -0.39 is 0 Å². The minimum absolute atomic E-state index is 0.691. The molecule has 0 amide bonds.